The first kappa shape index (κ1) is 20.9. The van der Waals surface area contributed by atoms with E-state index < -0.39 is 17.6 Å². The van der Waals surface area contributed by atoms with Crippen molar-refractivity contribution < 1.29 is 14.0 Å². The number of nitrogens with zero attached hydrogens (tertiary/aromatic N) is 2. The van der Waals surface area contributed by atoms with Crippen LogP contribution in [0.5, 0.6) is 0 Å². The van der Waals surface area contributed by atoms with E-state index in [1.165, 1.54) is 41.3 Å². The Labute approximate surface area is 183 Å². The number of pyridine rings is 1. The van der Waals surface area contributed by atoms with Crippen molar-refractivity contribution in [2.75, 3.05) is 10.6 Å². The summed E-state index contributed by atoms with van der Waals surface area (Å²) in [4.78, 5) is 33.6. The summed E-state index contributed by atoms with van der Waals surface area (Å²) < 4.78 is 14.3. The predicted octanol–water partition coefficient (Wildman–Crippen LogP) is 5.09. The van der Waals surface area contributed by atoms with Crippen molar-refractivity contribution in [2.45, 2.75) is 31.6 Å². The average molecular weight is 437 g/mol. The van der Waals surface area contributed by atoms with Gasteiger partial charge in [-0.2, -0.15) is 0 Å². The fourth-order valence-corrected chi connectivity index (χ4v) is 4.10. The largest absolute Gasteiger partial charge is 0.305 e. The molecule has 1 atom stereocenters. The van der Waals surface area contributed by atoms with Crippen molar-refractivity contribution in [2.24, 2.45) is 0 Å². The van der Waals surface area contributed by atoms with Gasteiger partial charge in [-0.05, 0) is 49.0 Å². The van der Waals surface area contributed by atoms with Gasteiger partial charge in [-0.15, -0.1) is 11.3 Å². The second-order valence-corrected chi connectivity index (χ2v) is 8.49. The first-order chi connectivity index (χ1) is 14.9. The fraction of sp³-hybridized carbons (Fsp3) is 0.217. The molecule has 0 saturated heterocycles. The van der Waals surface area contributed by atoms with Gasteiger partial charge in [-0.1, -0.05) is 30.8 Å². The maximum Gasteiger partial charge on any atom is 0.248 e. The Morgan fingerprint density at radius 3 is 2.71 bits per heavy atom. The van der Waals surface area contributed by atoms with E-state index in [1.807, 2.05) is 37.4 Å². The van der Waals surface area contributed by atoms with Gasteiger partial charge in [0.25, 0.3) is 0 Å². The number of amides is 2. The van der Waals surface area contributed by atoms with Crippen molar-refractivity contribution in [3.05, 3.63) is 71.6 Å². The molecule has 0 spiro atoms. The van der Waals surface area contributed by atoms with Crippen molar-refractivity contribution in [3.8, 4) is 11.1 Å². The molecular weight excluding hydrogens is 415 g/mol. The topological polar surface area (TPSA) is 84.0 Å². The van der Waals surface area contributed by atoms with E-state index in [4.69, 9.17) is 0 Å². The number of hydrogen-bond donors (Lipinski definition) is 2. The zero-order chi connectivity index (χ0) is 22.0. The summed E-state index contributed by atoms with van der Waals surface area (Å²) in [7, 11) is 0. The maximum absolute atomic E-state index is 14.3. The second-order valence-electron chi connectivity index (χ2n) is 7.43. The van der Waals surface area contributed by atoms with Crippen molar-refractivity contribution in [1.29, 1.82) is 0 Å². The van der Waals surface area contributed by atoms with E-state index in [0.29, 0.717) is 16.6 Å². The molecule has 6 nitrogen and oxygen atoms in total. The molecule has 0 aliphatic heterocycles. The Balaban J connectivity index is 1.49. The van der Waals surface area contributed by atoms with Gasteiger partial charge in [-0.25, -0.2) is 14.4 Å². The molecule has 0 radical (unpaired) electrons. The van der Waals surface area contributed by atoms with E-state index in [-0.39, 0.29) is 11.7 Å². The van der Waals surface area contributed by atoms with Gasteiger partial charge in [0.15, 0.2) is 16.8 Å². The number of thiazole rings is 1. The standard InChI is InChI=1S/C23H21FN4O2S/c1-3-20(29)27-21-18(24)10-17(11-25-21)16-6-4-5-15(9-16)13(2)22(30)28-23-26-12-19(31-23)14-7-8-14/h3-6,9-14H,1,7-8H2,2H3,(H,25,27,29)(H,26,28,30)/t13-/m0/s1. The summed E-state index contributed by atoms with van der Waals surface area (Å²) in [6, 6.07) is 8.61. The van der Waals surface area contributed by atoms with E-state index in [1.54, 1.807) is 0 Å². The molecule has 4 rings (SSSR count). The van der Waals surface area contributed by atoms with Crippen molar-refractivity contribution >= 4 is 34.1 Å². The van der Waals surface area contributed by atoms with Gasteiger partial charge < -0.3 is 10.6 Å². The van der Waals surface area contributed by atoms with E-state index in [2.05, 4.69) is 27.2 Å². The van der Waals surface area contributed by atoms with Gasteiger partial charge in [-0.3, -0.25) is 9.59 Å². The summed E-state index contributed by atoms with van der Waals surface area (Å²) >= 11 is 1.52. The summed E-state index contributed by atoms with van der Waals surface area (Å²) in [5, 5.41) is 5.82. The quantitative estimate of drug-likeness (QED) is 0.506. The minimum absolute atomic E-state index is 0.152. The summed E-state index contributed by atoms with van der Waals surface area (Å²) in [5.74, 6) is -1.32. The van der Waals surface area contributed by atoms with Gasteiger partial charge in [0, 0.05) is 22.8 Å². The Morgan fingerprint density at radius 1 is 1.19 bits per heavy atom. The molecule has 8 heteroatoms. The lowest BCUT2D eigenvalue weighted by atomic mass is 9.96. The first-order valence-corrected chi connectivity index (χ1v) is 10.7. The lowest BCUT2D eigenvalue weighted by Crippen LogP contribution is -2.18. The number of nitrogens with one attached hydrogen (secondary N) is 2. The number of anilines is 2. The number of carbonyl (C=O) groups excluding carboxylic acids is 2. The van der Waals surface area contributed by atoms with Crippen LogP contribution in [0.25, 0.3) is 11.1 Å². The molecular formula is C23H21FN4O2S. The monoisotopic (exact) mass is 436 g/mol. The van der Waals surface area contributed by atoms with E-state index in [9.17, 15) is 14.0 Å². The average Bonchev–Trinajstić information content (AvgIpc) is 3.53. The maximum atomic E-state index is 14.3. The molecule has 2 heterocycles. The van der Waals surface area contributed by atoms with Gasteiger partial charge >= 0.3 is 0 Å². The molecule has 1 fully saturated rings. The van der Waals surface area contributed by atoms with Crippen LogP contribution in [0.4, 0.5) is 15.3 Å². The highest BCUT2D eigenvalue weighted by Gasteiger charge is 2.26. The molecule has 0 unspecified atom stereocenters. The minimum atomic E-state index is -0.654. The van der Waals surface area contributed by atoms with Crippen LogP contribution in [0.1, 0.15) is 42.0 Å². The van der Waals surface area contributed by atoms with Crippen LogP contribution in [0.15, 0.2) is 55.4 Å². The van der Waals surface area contributed by atoms with Crippen LogP contribution in [0, 0.1) is 5.82 Å². The van der Waals surface area contributed by atoms with Crippen molar-refractivity contribution in [3.63, 3.8) is 0 Å². The smallest absolute Gasteiger partial charge is 0.248 e. The fourth-order valence-electron chi connectivity index (χ4n) is 3.11. The predicted molar refractivity (Wildman–Crippen MR) is 120 cm³/mol. The highest BCUT2D eigenvalue weighted by molar-refractivity contribution is 7.15. The Kier molecular flexibility index (Phi) is 5.90. The zero-order valence-corrected chi connectivity index (χ0v) is 17.7. The highest BCUT2D eigenvalue weighted by Crippen LogP contribution is 2.43. The van der Waals surface area contributed by atoms with Crippen LogP contribution in [0.3, 0.4) is 0 Å². The van der Waals surface area contributed by atoms with Gasteiger partial charge in [0.1, 0.15) is 0 Å². The van der Waals surface area contributed by atoms with Crippen LogP contribution in [0.2, 0.25) is 0 Å². The molecule has 31 heavy (non-hydrogen) atoms. The molecule has 2 N–H and O–H groups in total. The summed E-state index contributed by atoms with van der Waals surface area (Å²) in [6.45, 7) is 5.15. The Morgan fingerprint density at radius 2 is 2.00 bits per heavy atom. The molecule has 158 valence electrons. The number of carbonyl (C=O) groups is 2. The molecule has 3 aromatic rings. The van der Waals surface area contributed by atoms with Crippen LogP contribution < -0.4 is 10.6 Å². The summed E-state index contributed by atoms with van der Waals surface area (Å²) in [5.41, 5.74) is 2.05. The lowest BCUT2D eigenvalue weighted by Gasteiger charge is -2.13. The molecule has 2 aromatic heterocycles. The van der Waals surface area contributed by atoms with Crippen LogP contribution in [-0.4, -0.2) is 21.8 Å². The molecule has 0 bridgehead atoms. The number of hydrogen-bond acceptors (Lipinski definition) is 5. The number of aromatic nitrogens is 2. The zero-order valence-electron chi connectivity index (χ0n) is 16.9. The third kappa shape index (κ3) is 4.86. The number of benzene rings is 1. The Bertz CT molecular complexity index is 1160. The first-order valence-electron chi connectivity index (χ1n) is 9.90. The van der Waals surface area contributed by atoms with Gasteiger partial charge in [0.05, 0.1) is 5.92 Å². The third-order valence-corrected chi connectivity index (χ3v) is 6.19. The highest BCUT2D eigenvalue weighted by atomic mass is 32.1. The second kappa shape index (κ2) is 8.77. The molecule has 1 aliphatic rings. The molecule has 1 aliphatic carbocycles. The molecule has 1 saturated carbocycles. The van der Waals surface area contributed by atoms with Crippen LogP contribution in [-0.2, 0) is 9.59 Å². The van der Waals surface area contributed by atoms with E-state index >= 15 is 0 Å². The normalized spacial score (nSPS) is 14.0. The van der Waals surface area contributed by atoms with E-state index in [0.717, 1.165) is 17.2 Å². The SMILES string of the molecule is C=CC(=O)Nc1ncc(-c2cccc([C@H](C)C(=O)Nc3ncc(C4CC4)s3)c2)cc1F. The lowest BCUT2D eigenvalue weighted by molar-refractivity contribution is -0.117. The molecule has 1 aromatic carbocycles. The Hall–Kier alpha value is -3.39. The summed E-state index contributed by atoms with van der Waals surface area (Å²) in [6.07, 6.45) is 6.74. The number of halogens is 1. The molecule has 2 amide bonds. The third-order valence-electron chi connectivity index (χ3n) is 5.11. The van der Waals surface area contributed by atoms with Crippen LogP contribution >= 0.6 is 11.3 Å². The minimum Gasteiger partial charge on any atom is -0.305 e. The van der Waals surface area contributed by atoms with Gasteiger partial charge in [0.2, 0.25) is 11.8 Å². The number of rotatable bonds is 7. The van der Waals surface area contributed by atoms with Crippen molar-refractivity contribution in [1.82, 2.24) is 9.97 Å².